The van der Waals surface area contributed by atoms with Crippen LogP contribution in [-0.4, -0.2) is 45.1 Å². The van der Waals surface area contributed by atoms with Gasteiger partial charge in [-0.3, -0.25) is 18.6 Å². The van der Waals surface area contributed by atoms with E-state index in [0.29, 0.717) is 12.0 Å². The SMILES string of the molecule is CCOC.Cn1nc(S(C)(O)O)cc1C=O. The van der Waals surface area contributed by atoms with Crippen molar-refractivity contribution >= 4 is 16.9 Å². The van der Waals surface area contributed by atoms with Crippen LogP contribution in [0, 0.1) is 0 Å². The topological polar surface area (TPSA) is 84.6 Å². The molecule has 0 aliphatic rings. The summed E-state index contributed by atoms with van der Waals surface area (Å²) in [7, 11) is 0.443. The van der Waals surface area contributed by atoms with Gasteiger partial charge in [0.25, 0.3) is 0 Å². The maximum atomic E-state index is 10.4. The van der Waals surface area contributed by atoms with Crippen molar-refractivity contribution in [2.75, 3.05) is 20.0 Å². The summed E-state index contributed by atoms with van der Waals surface area (Å²) >= 11 is 0. The third kappa shape index (κ3) is 4.75. The minimum atomic E-state index is -2.81. The molecule has 0 atom stereocenters. The Morgan fingerprint density at radius 1 is 1.62 bits per heavy atom. The maximum Gasteiger partial charge on any atom is 0.168 e. The van der Waals surface area contributed by atoms with Crippen molar-refractivity contribution in [3.63, 3.8) is 0 Å². The summed E-state index contributed by atoms with van der Waals surface area (Å²) in [6, 6.07) is 1.36. The number of hydrogen-bond donors (Lipinski definition) is 2. The van der Waals surface area contributed by atoms with Gasteiger partial charge in [-0.2, -0.15) is 15.7 Å². The summed E-state index contributed by atoms with van der Waals surface area (Å²) in [6.07, 6.45) is 1.88. The number of methoxy groups -OCH3 is 1. The Balaban J connectivity index is 0.000000487. The van der Waals surface area contributed by atoms with Crippen LogP contribution in [0.25, 0.3) is 0 Å². The molecular formula is C9H18N2O4S. The summed E-state index contributed by atoms with van der Waals surface area (Å²) in [5.41, 5.74) is 0.326. The van der Waals surface area contributed by atoms with E-state index in [-0.39, 0.29) is 5.03 Å². The lowest BCUT2D eigenvalue weighted by molar-refractivity contribution is 0.111. The van der Waals surface area contributed by atoms with Gasteiger partial charge >= 0.3 is 0 Å². The molecule has 0 fully saturated rings. The largest absolute Gasteiger partial charge is 0.385 e. The van der Waals surface area contributed by atoms with Crippen molar-refractivity contribution in [2.24, 2.45) is 7.05 Å². The fourth-order valence-corrected chi connectivity index (χ4v) is 1.37. The second-order valence-electron chi connectivity index (χ2n) is 3.06. The van der Waals surface area contributed by atoms with E-state index < -0.39 is 10.6 Å². The number of rotatable bonds is 3. The van der Waals surface area contributed by atoms with E-state index in [1.807, 2.05) is 6.92 Å². The second kappa shape index (κ2) is 6.64. The standard InChI is InChI=1S/C6H10N2O3S.C3H8O/c1-8-5(4-9)3-6(7-8)12(2,10)11;1-3-4-2/h3-4,10-11H,1-2H3;3H2,1-2H3. The number of carbonyl (C=O) groups excluding carboxylic acids is 1. The van der Waals surface area contributed by atoms with Gasteiger partial charge in [0.05, 0.1) is 0 Å². The highest BCUT2D eigenvalue weighted by atomic mass is 32.3. The summed E-state index contributed by atoms with van der Waals surface area (Å²) in [4.78, 5) is 10.4. The van der Waals surface area contributed by atoms with Crippen molar-refractivity contribution in [1.82, 2.24) is 9.78 Å². The van der Waals surface area contributed by atoms with Crippen LogP contribution < -0.4 is 0 Å². The number of carbonyl (C=O) groups is 1. The first-order chi connectivity index (χ1) is 7.36. The Morgan fingerprint density at radius 2 is 2.12 bits per heavy atom. The third-order valence-corrected chi connectivity index (χ3v) is 2.69. The number of ether oxygens (including phenoxy) is 1. The molecule has 2 N–H and O–H groups in total. The summed E-state index contributed by atoms with van der Waals surface area (Å²) in [5.74, 6) is 0. The van der Waals surface area contributed by atoms with Gasteiger partial charge in [-0.1, -0.05) is 0 Å². The summed E-state index contributed by atoms with van der Waals surface area (Å²) < 4.78 is 24.2. The average molecular weight is 250 g/mol. The Bertz CT molecular complexity index is 331. The molecule has 1 aromatic rings. The molecule has 0 aliphatic carbocycles. The van der Waals surface area contributed by atoms with Gasteiger partial charge in [-0.05, 0) is 6.92 Å². The maximum absolute atomic E-state index is 10.4. The van der Waals surface area contributed by atoms with Gasteiger partial charge in [0.2, 0.25) is 0 Å². The molecule has 16 heavy (non-hydrogen) atoms. The first-order valence-electron chi connectivity index (χ1n) is 4.58. The van der Waals surface area contributed by atoms with Crippen LogP contribution in [0.2, 0.25) is 0 Å². The minimum absolute atomic E-state index is 0.145. The van der Waals surface area contributed by atoms with E-state index in [1.54, 1.807) is 14.2 Å². The number of nitrogens with zero attached hydrogens (tertiary/aromatic N) is 2. The lowest BCUT2D eigenvalue weighted by atomic mass is 10.5. The zero-order valence-corrected chi connectivity index (χ0v) is 10.7. The first-order valence-corrected chi connectivity index (χ1v) is 6.53. The smallest absolute Gasteiger partial charge is 0.168 e. The fraction of sp³-hybridized carbons (Fsp3) is 0.556. The van der Waals surface area contributed by atoms with E-state index >= 15 is 0 Å². The first kappa shape index (κ1) is 15.1. The molecule has 1 rings (SSSR count). The zero-order chi connectivity index (χ0) is 12.8. The quantitative estimate of drug-likeness (QED) is 0.796. The predicted molar refractivity (Wildman–Crippen MR) is 63.2 cm³/mol. The van der Waals surface area contributed by atoms with Gasteiger partial charge in [0.15, 0.2) is 11.3 Å². The number of aromatic nitrogens is 2. The van der Waals surface area contributed by atoms with Crippen molar-refractivity contribution in [3.05, 3.63) is 11.8 Å². The molecular weight excluding hydrogens is 232 g/mol. The lowest BCUT2D eigenvalue weighted by Crippen LogP contribution is -1.98. The van der Waals surface area contributed by atoms with E-state index in [1.165, 1.54) is 17.0 Å². The molecule has 7 heteroatoms. The van der Waals surface area contributed by atoms with Crippen LogP contribution in [0.1, 0.15) is 17.4 Å². The summed E-state index contributed by atoms with van der Waals surface area (Å²) in [5, 5.41) is 3.92. The van der Waals surface area contributed by atoms with Crippen LogP contribution >= 0.6 is 10.6 Å². The molecule has 0 amide bonds. The van der Waals surface area contributed by atoms with Gasteiger partial charge < -0.3 is 4.74 Å². The Labute approximate surface area is 96.6 Å². The molecule has 0 saturated carbocycles. The monoisotopic (exact) mass is 250 g/mol. The molecule has 0 radical (unpaired) electrons. The van der Waals surface area contributed by atoms with Gasteiger partial charge in [-0.15, -0.1) is 0 Å². The van der Waals surface area contributed by atoms with Crippen molar-refractivity contribution in [3.8, 4) is 0 Å². The van der Waals surface area contributed by atoms with E-state index in [4.69, 9.17) is 9.11 Å². The molecule has 6 nitrogen and oxygen atoms in total. The third-order valence-electron chi connectivity index (χ3n) is 1.70. The molecule has 0 aromatic carbocycles. The second-order valence-corrected chi connectivity index (χ2v) is 5.15. The Hall–Kier alpha value is -0.890. The highest BCUT2D eigenvalue weighted by Crippen LogP contribution is 2.42. The zero-order valence-electron chi connectivity index (χ0n) is 9.88. The molecule has 1 aromatic heterocycles. The molecule has 0 spiro atoms. The van der Waals surface area contributed by atoms with Crippen molar-refractivity contribution in [1.29, 1.82) is 0 Å². The van der Waals surface area contributed by atoms with Crippen molar-refractivity contribution < 1.29 is 18.6 Å². The summed E-state index contributed by atoms with van der Waals surface area (Å²) in [6.45, 7) is 2.78. The average Bonchev–Trinajstić information content (AvgIpc) is 2.59. The molecule has 0 saturated heterocycles. The molecule has 0 unspecified atom stereocenters. The highest BCUT2D eigenvalue weighted by molar-refractivity contribution is 8.23. The normalized spacial score (nSPS) is 11.6. The Kier molecular flexibility index (Phi) is 6.27. The molecule has 0 aliphatic heterocycles. The highest BCUT2D eigenvalue weighted by Gasteiger charge is 2.14. The number of aryl methyl sites for hydroxylation is 1. The predicted octanol–water partition coefficient (Wildman–Crippen LogP) is 1.62. The lowest BCUT2D eigenvalue weighted by Gasteiger charge is -2.22. The van der Waals surface area contributed by atoms with Crippen LogP contribution in [0.15, 0.2) is 11.1 Å². The van der Waals surface area contributed by atoms with Crippen LogP contribution in [0.5, 0.6) is 0 Å². The molecule has 0 bridgehead atoms. The molecule has 1 heterocycles. The van der Waals surface area contributed by atoms with Crippen LogP contribution in [0.3, 0.4) is 0 Å². The van der Waals surface area contributed by atoms with Crippen LogP contribution in [-0.2, 0) is 11.8 Å². The number of hydrogen-bond acceptors (Lipinski definition) is 5. The molecule has 94 valence electrons. The Morgan fingerprint density at radius 3 is 2.31 bits per heavy atom. The fourth-order valence-electron chi connectivity index (χ4n) is 0.754. The number of aldehydes is 1. The van der Waals surface area contributed by atoms with Gasteiger partial charge in [0.1, 0.15) is 5.69 Å². The van der Waals surface area contributed by atoms with Gasteiger partial charge in [0, 0.05) is 33.1 Å². The van der Waals surface area contributed by atoms with Gasteiger partial charge in [-0.25, -0.2) is 0 Å². The van der Waals surface area contributed by atoms with E-state index in [0.717, 1.165) is 6.61 Å². The van der Waals surface area contributed by atoms with Crippen molar-refractivity contribution in [2.45, 2.75) is 11.9 Å². The van der Waals surface area contributed by atoms with Crippen LogP contribution in [0.4, 0.5) is 0 Å². The van der Waals surface area contributed by atoms with E-state index in [2.05, 4.69) is 9.84 Å². The minimum Gasteiger partial charge on any atom is -0.385 e. The van der Waals surface area contributed by atoms with E-state index in [9.17, 15) is 4.79 Å².